The lowest BCUT2D eigenvalue weighted by Gasteiger charge is -2.36. The van der Waals surface area contributed by atoms with Crippen molar-refractivity contribution in [2.24, 2.45) is 12.5 Å². The fraction of sp³-hybridized carbons (Fsp3) is 0.362. The number of aliphatic hydroxyl groups excluding tert-OH is 1. The number of aliphatic hydroxyl groups is 1. The summed E-state index contributed by atoms with van der Waals surface area (Å²) in [5.41, 5.74) is 5.91. The van der Waals surface area contributed by atoms with Gasteiger partial charge in [0.1, 0.15) is 34.9 Å². The molecule has 2 fully saturated rings. The molecule has 1 aromatic carbocycles. The van der Waals surface area contributed by atoms with E-state index in [1.54, 1.807) is 48.7 Å². The lowest BCUT2D eigenvalue weighted by molar-refractivity contribution is -0.136. The zero-order chi connectivity index (χ0) is 45.5. The SMILES string of the molecule is Cn1cc(-c2ccnc(N3CCn4c(cc5c4CC(C)(C)C5)C3=O)c2CO)cc(Nc2ccc(N3CCN(Cc4cc(F)c5c(c4)C(=O)N(C4CCC(=O)NC4=O)C5=O)CC3)cn2)c1=O. The molecule has 18 heteroatoms. The topological polar surface area (TPSA) is 195 Å². The van der Waals surface area contributed by atoms with E-state index in [-0.39, 0.29) is 53.1 Å². The number of carbonyl (C=O) groups excluding carboxylic acids is 5. The molecule has 0 spiro atoms. The molecule has 3 N–H and O–H groups in total. The zero-order valence-electron chi connectivity index (χ0n) is 36.2. The van der Waals surface area contributed by atoms with Crippen LogP contribution >= 0.6 is 0 Å². The first-order chi connectivity index (χ1) is 31.2. The first-order valence-corrected chi connectivity index (χ1v) is 21.8. The molecule has 0 saturated carbocycles. The first kappa shape index (κ1) is 41.9. The molecule has 1 aliphatic carbocycles. The van der Waals surface area contributed by atoms with Gasteiger partial charge in [-0.05, 0) is 83.8 Å². The molecule has 5 aromatic rings. The van der Waals surface area contributed by atoms with Crippen molar-refractivity contribution in [2.45, 2.75) is 65.3 Å². The third-order valence-corrected chi connectivity index (χ3v) is 13.3. The van der Waals surface area contributed by atoms with Crippen LogP contribution in [0.5, 0.6) is 0 Å². The highest BCUT2D eigenvalue weighted by Gasteiger charge is 2.46. The van der Waals surface area contributed by atoms with Crippen LogP contribution in [0.4, 0.5) is 27.4 Å². The summed E-state index contributed by atoms with van der Waals surface area (Å²) in [4.78, 5) is 93.8. The number of benzene rings is 1. The summed E-state index contributed by atoms with van der Waals surface area (Å²) in [7, 11) is 1.65. The number of rotatable bonds is 9. The molecule has 2 saturated heterocycles. The number of aromatic nitrogens is 4. The van der Waals surface area contributed by atoms with Crippen LogP contribution in [0.15, 0.2) is 65.8 Å². The Morgan fingerprint density at radius 3 is 2.43 bits per heavy atom. The second-order valence-corrected chi connectivity index (χ2v) is 18.2. The highest BCUT2D eigenvalue weighted by Crippen LogP contribution is 2.40. The van der Waals surface area contributed by atoms with E-state index in [1.807, 2.05) is 12.1 Å². The van der Waals surface area contributed by atoms with E-state index in [0.29, 0.717) is 85.4 Å². The number of piperazine rings is 1. The first-order valence-electron chi connectivity index (χ1n) is 21.8. The van der Waals surface area contributed by atoms with Gasteiger partial charge in [0.15, 0.2) is 0 Å². The lowest BCUT2D eigenvalue weighted by Crippen LogP contribution is -2.54. The van der Waals surface area contributed by atoms with Crippen LogP contribution in [0.25, 0.3) is 11.1 Å². The Bertz CT molecular complexity index is 2920. The standard InChI is InChI=1S/C47H47FN10O7/c1-47(2)20-27-19-36-45(64)57(15-14-56(36)37(27)21-47)41-32(25-59)30(8-9-49-41)28-18-34(44(63)53(3)24-28)51-38-6-4-29(22-50-38)55-12-10-54(11-13-55)23-26-16-31-40(33(48)17-26)46(65)58(43(31)62)35-5-7-39(60)52-42(35)61/h4,6,8-9,16-19,22,24,35,59H,5,7,10-15,20-21,23,25H2,1-3H3,(H,50,51)(H,52,60,61). The fourth-order valence-electron chi connectivity index (χ4n) is 10.1. The van der Waals surface area contributed by atoms with Crippen molar-refractivity contribution in [2.75, 3.05) is 47.8 Å². The number of halogens is 1. The summed E-state index contributed by atoms with van der Waals surface area (Å²) in [5.74, 6) is -3.03. The number of piperidine rings is 1. The maximum atomic E-state index is 15.4. The Balaban J connectivity index is 0.797. The number of nitrogens with one attached hydrogen (secondary N) is 2. The number of aryl methyl sites for hydroxylation is 1. The highest BCUT2D eigenvalue weighted by molar-refractivity contribution is 6.23. The average Bonchev–Trinajstić information content (AvgIpc) is 3.87. The van der Waals surface area contributed by atoms with Gasteiger partial charge in [-0.3, -0.25) is 48.8 Å². The molecule has 1 unspecified atom stereocenters. The second kappa shape index (κ2) is 15.9. The molecule has 1 atom stereocenters. The van der Waals surface area contributed by atoms with E-state index in [4.69, 9.17) is 0 Å². The summed E-state index contributed by atoms with van der Waals surface area (Å²) in [6.07, 6.45) is 6.83. The van der Waals surface area contributed by atoms with Gasteiger partial charge in [0.25, 0.3) is 23.3 Å². The highest BCUT2D eigenvalue weighted by atomic mass is 19.1. The number of hydrogen-bond acceptors (Lipinski definition) is 12. The molecule has 8 heterocycles. The Kier molecular flexibility index (Phi) is 10.2. The number of fused-ring (bicyclic) bond motifs is 4. The zero-order valence-corrected chi connectivity index (χ0v) is 36.2. The van der Waals surface area contributed by atoms with Gasteiger partial charge in [0, 0.05) is 88.5 Å². The minimum Gasteiger partial charge on any atom is -0.392 e. The van der Waals surface area contributed by atoms with E-state index < -0.39 is 35.5 Å². The molecule has 10 rings (SSSR count). The van der Waals surface area contributed by atoms with Gasteiger partial charge in [-0.2, -0.15) is 0 Å². The van der Waals surface area contributed by atoms with Gasteiger partial charge in [-0.15, -0.1) is 0 Å². The summed E-state index contributed by atoms with van der Waals surface area (Å²) >= 11 is 0. The molecule has 65 heavy (non-hydrogen) atoms. The van der Waals surface area contributed by atoms with Crippen LogP contribution in [0.2, 0.25) is 0 Å². The van der Waals surface area contributed by atoms with Gasteiger partial charge in [-0.1, -0.05) is 13.8 Å². The van der Waals surface area contributed by atoms with Crippen molar-refractivity contribution in [1.29, 1.82) is 0 Å². The lowest BCUT2D eigenvalue weighted by atomic mass is 9.90. The van der Waals surface area contributed by atoms with Crippen LogP contribution in [0.3, 0.4) is 0 Å². The maximum Gasteiger partial charge on any atom is 0.276 e. The van der Waals surface area contributed by atoms with Crippen molar-refractivity contribution in [3.63, 3.8) is 0 Å². The van der Waals surface area contributed by atoms with Crippen LogP contribution in [0.1, 0.15) is 80.3 Å². The summed E-state index contributed by atoms with van der Waals surface area (Å²) in [6, 6.07) is 10.8. The molecule has 334 valence electrons. The normalized spacial score (nSPS) is 19.4. The quantitative estimate of drug-likeness (QED) is 0.183. The second-order valence-electron chi connectivity index (χ2n) is 18.2. The Morgan fingerprint density at radius 2 is 1.69 bits per heavy atom. The monoisotopic (exact) mass is 882 g/mol. The summed E-state index contributed by atoms with van der Waals surface area (Å²) < 4.78 is 19.0. The van der Waals surface area contributed by atoms with Gasteiger partial charge >= 0.3 is 0 Å². The van der Waals surface area contributed by atoms with Crippen LogP contribution in [0, 0.1) is 11.2 Å². The molecule has 17 nitrogen and oxygen atoms in total. The maximum absolute atomic E-state index is 15.4. The van der Waals surface area contributed by atoms with Crippen molar-refractivity contribution in [3.05, 3.63) is 116 Å². The minimum absolute atomic E-state index is 0.0142. The van der Waals surface area contributed by atoms with Crippen molar-refractivity contribution >= 4 is 52.5 Å². The van der Waals surface area contributed by atoms with Gasteiger partial charge in [0.2, 0.25) is 11.8 Å². The molecule has 4 aromatic heterocycles. The molecule has 4 aliphatic heterocycles. The molecule has 5 aliphatic rings. The van der Waals surface area contributed by atoms with Gasteiger partial charge < -0.3 is 24.5 Å². The Morgan fingerprint density at radius 1 is 0.892 bits per heavy atom. The molecular weight excluding hydrogens is 836 g/mol. The third-order valence-electron chi connectivity index (χ3n) is 13.3. The molecular formula is C47H47FN10O7. The number of amides is 5. The van der Waals surface area contributed by atoms with E-state index in [9.17, 15) is 33.9 Å². The Hall–Kier alpha value is -7.05. The van der Waals surface area contributed by atoms with Crippen LogP contribution in [-0.4, -0.2) is 102 Å². The average molecular weight is 883 g/mol. The summed E-state index contributed by atoms with van der Waals surface area (Å²) in [6.45, 7) is 7.96. The van der Waals surface area contributed by atoms with Crippen molar-refractivity contribution in [1.82, 2.24) is 34.2 Å². The summed E-state index contributed by atoms with van der Waals surface area (Å²) in [5, 5.41) is 16.1. The van der Waals surface area contributed by atoms with E-state index in [2.05, 4.69) is 48.8 Å². The molecule has 5 amide bonds. The predicted molar refractivity (Wildman–Crippen MR) is 236 cm³/mol. The van der Waals surface area contributed by atoms with Crippen molar-refractivity contribution < 1.29 is 33.5 Å². The van der Waals surface area contributed by atoms with Gasteiger partial charge in [0.05, 0.1) is 29.6 Å². The number of imide groups is 2. The number of pyridine rings is 3. The van der Waals surface area contributed by atoms with E-state index in [1.165, 1.54) is 28.0 Å². The number of hydrogen-bond donors (Lipinski definition) is 3. The Labute approximate surface area is 372 Å². The number of carbonyl (C=O) groups is 5. The van der Waals surface area contributed by atoms with E-state index in [0.717, 1.165) is 23.4 Å². The third kappa shape index (κ3) is 7.35. The van der Waals surface area contributed by atoms with Crippen LogP contribution in [-0.2, 0) is 49.2 Å². The fourth-order valence-corrected chi connectivity index (χ4v) is 10.1. The predicted octanol–water partition coefficient (Wildman–Crippen LogP) is 3.53. The smallest absolute Gasteiger partial charge is 0.276 e. The minimum atomic E-state index is -1.18. The van der Waals surface area contributed by atoms with Gasteiger partial charge in [-0.25, -0.2) is 14.4 Å². The van der Waals surface area contributed by atoms with Crippen molar-refractivity contribution in [3.8, 4) is 11.1 Å². The largest absolute Gasteiger partial charge is 0.392 e. The van der Waals surface area contributed by atoms with E-state index >= 15 is 4.39 Å². The molecule has 0 radical (unpaired) electrons. The number of nitrogens with zero attached hydrogens (tertiary/aromatic N) is 8. The van der Waals surface area contributed by atoms with Crippen LogP contribution < -0.4 is 26.0 Å². The number of anilines is 4. The molecule has 0 bridgehead atoms.